The number of anilines is 1. The molecule has 1 unspecified atom stereocenters. The molecule has 28 heavy (non-hydrogen) atoms. The van der Waals surface area contributed by atoms with E-state index in [2.05, 4.69) is 34.1 Å². The Morgan fingerprint density at radius 2 is 1.79 bits per heavy atom. The first-order valence-corrected chi connectivity index (χ1v) is 11.2. The minimum Gasteiger partial charge on any atom is -0.487 e. The van der Waals surface area contributed by atoms with Crippen LogP contribution in [0, 0.1) is 0 Å². The quantitative estimate of drug-likeness (QED) is 0.737. The lowest BCUT2D eigenvalue weighted by Gasteiger charge is -2.24. The van der Waals surface area contributed by atoms with E-state index in [4.69, 9.17) is 9.47 Å². The fraction of sp³-hybridized carbons (Fsp3) is 0.429. The molecule has 3 rings (SSSR count). The van der Waals surface area contributed by atoms with Gasteiger partial charge in [0.2, 0.25) is 0 Å². The van der Waals surface area contributed by atoms with Gasteiger partial charge in [-0.3, -0.25) is 4.90 Å². The molecular formula is C21H28N2O4S. The first kappa shape index (κ1) is 20.6. The van der Waals surface area contributed by atoms with Crippen LogP contribution in [0.3, 0.4) is 0 Å². The molecule has 152 valence electrons. The number of hydrogen-bond donors (Lipinski definition) is 0. The van der Waals surface area contributed by atoms with E-state index in [0.717, 1.165) is 19.6 Å². The van der Waals surface area contributed by atoms with Crippen LogP contribution in [0.4, 0.5) is 5.69 Å². The topological polar surface area (TPSA) is 59.1 Å². The highest BCUT2D eigenvalue weighted by molar-refractivity contribution is 7.90. The largest absolute Gasteiger partial charge is 0.487 e. The van der Waals surface area contributed by atoms with Crippen molar-refractivity contribution in [3.05, 3.63) is 54.1 Å². The van der Waals surface area contributed by atoms with Crippen molar-refractivity contribution in [1.82, 2.24) is 4.90 Å². The lowest BCUT2D eigenvalue weighted by Crippen LogP contribution is -2.35. The zero-order valence-corrected chi connectivity index (χ0v) is 17.5. The zero-order chi connectivity index (χ0) is 20.1. The fourth-order valence-electron chi connectivity index (χ4n) is 3.17. The van der Waals surface area contributed by atoms with Crippen LogP contribution in [0.1, 0.15) is 5.56 Å². The van der Waals surface area contributed by atoms with Crippen LogP contribution in [-0.4, -0.2) is 66.1 Å². The minimum atomic E-state index is -3.20. The second kappa shape index (κ2) is 8.94. The molecule has 1 aliphatic heterocycles. The Kier molecular flexibility index (Phi) is 6.59. The summed E-state index contributed by atoms with van der Waals surface area (Å²) in [6.45, 7) is 3.63. The van der Waals surface area contributed by atoms with Crippen LogP contribution in [0.15, 0.2) is 53.4 Å². The normalized spacial score (nSPS) is 18.5. The van der Waals surface area contributed by atoms with Crippen LogP contribution in [-0.2, 0) is 21.1 Å². The van der Waals surface area contributed by atoms with Crippen molar-refractivity contribution in [3.63, 3.8) is 0 Å². The summed E-state index contributed by atoms with van der Waals surface area (Å²) in [4.78, 5) is 4.70. The minimum absolute atomic E-state index is 0.104. The van der Waals surface area contributed by atoms with E-state index in [1.165, 1.54) is 17.5 Å². The molecule has 0 radical (unpaired) electrons. The van der Waals surface area contributed by atoms with Gasteiger partial charge in [-0.15, -0.1) is 0 Å². The highest BCUT2D eigenvalue weighted by Gasteiger charge is 2.20. The van der Waals surface area contributed by atoms with Gasteiger partial charge in [0, 0.05) is 45.7 Å². The fourth-order valence-corrected chi connectivity index (χ4v) is 3.80. The standard InChI is InChI=1S/C21H28N2O4S/c1-22(2)18-6-4-17(5-7-18)14-23-12-13-26-16-20(15-23)27-19-8-10-21(11-9-19)28(3,24)25/h4-11,20H,12-16H2,1-3H3. The number of benzene rings is 2. The number of ether oxygens (including phenoxy) is 2. The molecule has 0 aliphatic carbocycles. The van der Waals surface area contributed by atoms with Gasteiger partial charge in [-0.2, -0.15) is 0 Å². The summed E-state index contributed by atoms with van der Waals surface area (Å²) in [6.07, 6.45) is 1.10. The molecular weight excluding hydrogens is 376 g/mol. The van der Waals surface area contributed by atoms with E-state index in [-0.39, 0.29) is 6.10 Å². The summed E-state index contributed by atoms with van der Waals surface area (Å²) < 4.78 is 34.9. The molecule has 7 heteroatoms. The van der Waals surface area contributed by atoms with Crippen molar-refractivity contribution in [3.8, 4) is 5.75 Å². The molecule has 1 aliphatic rings. The molecule has 1 fully saturated rings. The second-order valence-electron chi connectivity index (χ2n) is 7.35. The summed E-state index contributed by atoms with van der Waals surface area (Å²) in [5.41, 5.74) is 2.44. The summed E-state index contributed by atoms with van der Waals surface area (Å²) in [5, 5.41) is 0. The molecule has 0 bridgehead atoms. The molecule has 6 nitrogen and oxygen atoms in total. The van der Waals surface area contributed by atoms with E-state index in [9.17, 15) is 8.42 Å². The van der Waals surface area contributed by atoms with Crippen LogP contribution >= 0.6 is 0 Å². The highest BCUT2D eigenvalue weighted by atomic mass is 32.2. The van der Waals surface area contributed by atoms with Gasteiger partial charge in [0.25, 0.3) is 0 Å². The molecule has 0 spiro atoms. The van der Waals surface area contributed by atoms with Gasteiger partial charge in [-0.05, 0) is 42.0 Å². The van der Waals surface area contributed by atoms with Gasteiger partial charge in [0.05, 0.1) is 18.1 Å². The predicted octanol–water partition coefficient (Wildman–Crippen LogP) is 2.44. The zero-order valence-electron chi connectivity index (χ0n) is 16.7. The molecule has 0 amide bonds. The summed E-state index contributed by atoms with van der Waals surface area (Å²) in [5.74, 6) is 0.651. The Morgan fingerprint density at radius 1 is 1.11 bits per heavy atom. The van der Waals surface area contributed by atoms with Crippen molar-refractivity contribution >= 4 is 15.5 Å². The molecule has 1 atom stereocenters. The Morgan fingerprint density at radius 3 is 2.39 bits per heavy atom. The first-order valence-electron chi connectivity index (χ1n) is 9.34. The van der Waals surface area contributed by atoms with E-state index >= 15 is 0 Å². The number of sulfone groups is 1. The number of hydrogen-bond acceptors (Lipinski definition) is 6. The van der Waals surface area contributed by atoms with Gasteiger partial charge >= 0.3 is 0 Å². The molecule has 2 aromatic carbocycles. The first-order chi connectivity index (χ1) is 13.3. The monoisotopic (exact) mass is 404 g/mol. The molecule has 2 aromatic rings. The molecule has 1 saturated heterocycles. The van der Waals surface area contributed by atoms with E-state index < -0.39 is 9.84 Å². The highest BCUT2D eigenvalue weighted by Crippen LogP contribution is 2.19. The van der Waals surface area contributed by atoms with Crippen molar-refractivity contribution in [2.24, 2.45) is 0 Å². The lowest BCUT2D eigenvalue weighted by atomic mass is 10.2. The van der Waals surface area contributed by atoms with Gasteiger partial charge in [0.15, 0.2) is 9.84 Å². The molecule has 0 N–H and O–H groups in total. The summed E-state index contributed by atoms with van der Waals surface area (Å²) in [7, 11) is 0.865. The summed E-state index contributed by atoms with van der Waals surface area (Å²) in [6, 6.07) is 15.1. The van der Waals surface area contributed by atoms with Crippen LogP contribution in [0.5, 0.6) is 5.75 Å². The Labute approximate surface area is 167 Å². The van der Waals surface area contributed by atoms with E-state index in [1.807, 2.05) is 14.1 Å². The van der Waals surface area contributed by atoms with E-state index in [0.29, 0.717) is 23.9 Å². The van der Waals surface area contributed by atoms with Gasteiger partial charge in [-0.25, -0.2) is 8.42 Å². The lowest BCUT2D eigenvalue weighted by molar-refractivity contribution is 0.0710. The summed E-state index contributed by atoms with van der Waals surface area (Å²) >= 11 is 0. The van der Waals surface area contributed by atoms with Gasteiger partial charge in [0.1, 0.15) is 11.9 Å². The molecule has 0 saturated carbocycles. The average molecular weight is 405 g/mol. The predicted molar refractivity (Wildman–Crippen MR) is 111 cm³/mol. The Bertz CT molecular complexity index is 864. The van der Waals surface area contributed by atoms with Gasteiger partial charge in [-0.1, -0.05) is 12.1 Å². The number of nitrogens with zero attached hydrogens (tertiary/aromatic N) is 2. The maximum Gasteiger partial charge on any atom is 0.175 e. The SMILES string of the molecule is CN(C)c1ccc(CN2CCOCC(Oc3ccc(S(C)(=O)=O)cc3)C2)cc1. The van der Waals surface area contributed by atoms with Gasteiger partial charge < -0.3 is 14.4 Å². The van der Waals surface area contributed by atoms with E-state index in [1.54, 1.807) is 24.3 Å². The maximum absolute atomic E-state index is 11.6. The number of rotatable bonds is 6. The second-order valence-corrected chi connectivity index (χ2v) is 9.37. The molecule has 0 aromatic heterocycles. The average Bonchev–Trinajstić information content (AvgIpc) is 2.87. The van der Waals surface area contributed by atoms with Crippen molar-refractivity contribution in [1.29, 1.82) is 0 Å². The third-order valence-electron chi connectivity index (χ3n) is 4.73. The third-order valence-corrected chi connectivity index (χ3v) is 5.86. The van der Waals surface area contributed by atoms with Crippen molar-refractivity contribution in [2.75, 3.05) is 51.6 Å². The van der Waals surface area contributed by atoms with Crippen LogP contribution in [0.2, 0.25) is 0 Å². The Hall–Kier alpha value is -2.09. The maximum atomic E-state index is 11.6. The molecule has 1 heterocycles. The van der Waals surface area contributed by atoms with Crippen LogP contribution in [0.25, 0.3) is 0 Å². The third kappa shape index (κ3) is 5.70. The van der Waals surface area contributed by atoms with Crippen molar-refractivity contribution in [2.45, 2.75) is 17.5 Å². The van der Waals surface area contributed by atoms with Crippen molar-refractivity contribution < 1.29 is 17.9 Å². The van der Waals surface area contributed by atoms with Crippen LogP contribution < -0.4 is 9.64 Å². The Balaban J connectivity index is 1.61. The smallest absolute Gasteiger partial charge is 0.175 e.